The summed E-state index contributed by atoms with van der Waals surface area (Å²) < 4.78 is 1.89. The maximum atomic E-state index is 11.7. The van der Waals surface area contributed by atoms with E-state index in [4.69, 9.17) is 5.73 Å². The molecule has 0 aromatic carbocycles. The Balaban J connectivity index is 1.48. The number of thiophene rings is 1. The van der Waals surface area contributed by atoms with E-state index in [-0.39, 0.29) is 5.91 Å². The van der Waals surface area contributed by atoms with Crippen LogP contribution in [0.3, 0.4) is 0 Å². The fraction of sp³-hybridized carbons (Fsp3) is 0.500. The molecule has 0 aliphatic carbocycles. The molecular formula is C26H32N6OS. The Hall–Kier alpha value is -2.71. The number of aryl methyl sites for hydroxylation is 2. The molecule has 2 aliphatic heterocycles. The van der Waals surface area contributed by atoms with E-state index in [1.807, 2.05) is 15.9 Å². The van der Waals surface area contributed by atoms with Gasteiger partial charge in [-0.05, 0) is 68.2 Å². The molecule has 2 saturated heterocycles. The summed E-state index contributed by atoms with van der Waals surface area (Å²) >= 11 is 1.91. The van der Waals surface area contributed by atoms with Gasteiger partial charge in [-0.25, -0.2) is 9.50 Å². The Morgan fingerprint density at radius 3 is 2.76 bits per heavy atom. The van der Waals surface area contributed by atoms with Crippen molar-refractivity contribution in [2.24, 2.45) is 5.73 Å². The van der Waals surface area contributed by atoms with Crippen LogP contribution in [0.5, 0.6) is 0 Å². The number of carbonyl (C=O) groups is 1. The molecule has 0 saturated carbocycles. The van der Waals surface area contributed by atoms with Gasteiger partial charge in [-0.3, -0.25) is 9.69 Å². The summed E-state index contributed by atoms with van der Waals surface area (Å²) in [5, 5.41) is 5.79. The number of rotatable bonds is 5. The fourth-order valence-corrected chi connectivity index (χ4v) is 8.05. The minimum atomic E-state index is -0.214. The fourth-order valence-electron chi connectivity index (χ4n) is 6.66. The van der Waals surface area contributed by atoms with Crippen LogP contribution in [-0.2, 0) is 4.79 Å². The highest BCUT2D eigenvalue weighted by Crippen LogP contribution is 2.52. The predicted octanol–water partition coefficient (Wildman–Crippen LogP) is 4.79. The van der Waals surface area contributed by atoms with E-state index in [2.05, 4.69) is 60.8 Å². The van der Waals surface area contributed by atoms with Crippen molar-refractivity contribution < 1.29 is 4.79 Å². The summed E-state index contributed by atoms with van der Waals surface area (Å²) in [6.07, 6.45) is 7.20. The van der Waals surface area contributed by atoms with Crippen LogP contribution in [0.25, 0.3) is 27.1 Å². The molecule has 1 amide bonds. The largest absolute Gasteiger partial charge is 0.369 e. The SMILES string of the molecule is Cc1c(-c2[nH]c3sc(C4C[C@H]5CC[C@@H]4N5CC(N)=O)c(C)c3c2C(C)C)cn2ncnc2c1C. The maximum absolute atomic E-state index is 11.7. The first kappa shape index (κ1) is 21.8. The monoisotopic (exact) mass is 476 g/mol. The first-order valence-corrected chi connectivity index (χ1v) is 13.1. The molecular weight excluding hydrogens is 444 g/mol. The number of fused-ring (bicyclic) bond motifs is 4. The van der Waals surface area contributed by atoms with Crippen molar-refractivity contribution >= 4 is 33.1 Å². The maximum Gasteiger partial charge on any atom is 0.231 e. The van der Waals surface area contributed by atoms with Gasteiger partial charge >= 0.3 is 0 Å². The van der Waals surface area contributed by atoms with Gasteiger partial charge < -0.3 is 10.7 Å². The third-order valence-corrected chi connectivity index (χ3v) is 9.63. The average Bonchev–Trinajstić information content (AvgIpc) is 3.58. The summed E-state index contributed by atoms with van der Waals surface area (Å²) in [4.78, 5) is 25.0. The van der Waals surface area contributed by atoms with E-state index >= 15 is 0 Å². The predicted molar refractivity (Wildman–Crippen MR) is 137 cm³/mol. The summed E-state index contributed by atoms with van der Waals surface area (Å²) in [6, 6.07) is 0.919. The topological polar surface area (TPSA) is 92.3 Å². The Morgan fingerprint density at radius 2 is 2.03 bits per heavy atom. The van der Waals surface area contributed by atoms with Gasteiger partial charge in [-0.1, -0.05) is 13.8 Å². The number of nitrogens with two attached hydrogens (primary N) is 1. The molecule has 3 N–H and O–H groups in total. The van der Waals surface area contributed by atoms with Crippen LogP contribution >= 0.6 is 11.3 Å². The Morgan fingerprint density at radius 1 is 1.24 bits per heavy atom. The van der Waals surface area contributed by atoms with Gasteiger partial charge in [-0.2, -0.15) is 5.10 Å². The Bertz CT molecular complexity index is 1440. The van der Waals surface area contributed by atoms with Gasteiger partial charge in [0.25, 0.3) is 0 Å². The number of aromatic nitrogens is 4. The van der Waals surface area contributed by atoms with Gasteiger partial charge in [0, 0.05) is 40.0 Å². The molecule has 7 nitrogen and oxygen atoms in total. The van der Waals surface area contributed by atoms with Gasteiger partial charge in [0.05, 0.1) is 12.2 Å². The van der Waals surface area contributed by atoms with Gasteiger partial charge in [0.15, 0.2) is 5.65 Å². The number of hydrogen-bond acceptors (Lipinski definition) is 5. The number of aromatic amines is 1. The van der Waals surface area contributed by atoms with Gasteiger partial charge in [0.1, 0.15) is 11.2 Å². The minimum Gasteiger partial charge on any atom is -0.369 e. The molecule has 2 bridgehead atoms. The first-order chi connectivity index (χ1) is 16.3. The molecule has 3 atom stereocenters. The summed E-state index contributed by atoms with van der Waals surface area (Å²) in [7, 11) is 0. The van der Waals surface area contributed by atoms with Crippen LogP contribution in [0, 0.1) is 20.8 Å². The molecule has 2 fully saturated rings. The molecule has 2 aliphatic rings. The third kappa shape index (κ3) is 3.01. The Kier molecular flexibility index (Phi) is 4.90. The third-order valence-electron chi connectivity index (χ3n) is 8.29. The highest BCUT2D eigenvalue weighted by molar-refractivity contribution is 7.19. The van der Waals surface area contributed by atoms with Crippen LogP contribution in [0.1, 0.15) is 72.1 Å². The molecule has 4 aromatic heterocycles. The smallest absolute Gasteiger partial charge is 0.231 e. The molecule has 6 rings (SSSR count). The molecule has 1 unspecified atom stereocenters. The quantitative estimate of drug-likeness (QED) is 0.433. The second-order valence-corrected chi connectivity index (χ2v) is 11.5. The van der Waals surface area contributed by atoms with Crippen LogP contribution in [0.2, 0.25) is 0 Å². The second-order valence-electron chi connectivity index (χ2n) is 10.5. The van der Waals surface area contributed by atoms with E-state index in [1.54, 1.807) is 6.33 Å². The molecule has 6 heterocycles. The van der Waals surface area contributed by atoms with Crippen molar-refractivity contribution in [2.45, 2.75) is 77.8 Å². The second kappa shape index (κ2) is 7.65. The van der Waals surface area contributed by atoms with E-state index in [9.17, 15) is 4.79 Å². The summed E-state index contributed by atoms with van der Waals surface area (Å²) in [5.74, 6) is 0.652. The standard InChI is InChI=1S/C26H32N6OS/c1-12(2)21-22-15(5)24(17-8-16-6-7-19(17)31(16)10-20(27)33)34-26(22)30-23(21)18-9-32-25(28-11-29-32)14(4)13(18)3/h9,11-12,16-17,19,30H,6-8,10H2,1-5H3,(H2,27,33)/t16-,17?,19+/m1/s1. The summed E-state index contributed by atoms with van der Waals surface area (Å²) in [6.45, 7) is 11.6. The van der Waals surface area contributed by atoms with Gasteiger partial charge in [0.2, 0.25) is 5.91 Å². The van der Waals surface area contributed by atoms with E-state index < -0.39 is 0 Å². The molecule has 178 valence electrons. The number of nitrogens with one attached hydrogen (secondary N) is 1. The number of nitrogens with zero attached hydrogens (tertiary/aromatic N) is 4. The van der Waals surface area contributed by atoms with E-state index in [0.717, 1.165) is 24.1 Å². The van der Waals surface area contributed by atoms with Crippen LogP contribution < -0.4 is 5.73 Å². The highest BCUT2D eigenvalue weighted by atomic mass is 32.1. The zero-order valence-electron chi connectivity index (χ0n) is 20.5. The van der Waals surface area contributed by atoms with Gasteiger partial charge in [-0.15, -0.1) is 11.3 Å². The number of pyridine rings is 1. The van der Waals surface area contributed by atoms with E-state index in [0.29, 0.717) is 30.5 Å². The zero-order valence-corrected chi connectivity index (χ0v) is 21.3. The normalized spacial score (nSPS) is 22.7. The molecule has 8 heteroatoms. The van der Waals surface area contributed by atoms with Crippen molar-refractivity contribution in [3.63, 3.8) is 0 Å². The molecule has 34 heavy (non-hydrogen) atoms. The van der Waals surface area contributed by atoms with Crippen LogP contribution in [0.15, 0.2) is 12.5 Å². The lowest BCUT2D eigenvalue weighted by atomic mass is 9.85. The number of amides is 1. The lowest BCUT2D eigenvalue weighted by Gasteiger charge is -2.23. The van der Waals surface area contributed by atoms with Crippen molar-refractivity contribution in [3.8, 4) is 11.3 Å². The van der Waals surface area contributed by atoms with Crippen molar-refractivity contribution in [1.29, 1.82) is 0 Å². The number of carbonyl (C=O) groups excluding carboxylic acids is 1. The van der Waals surface area contributed by atoms with Crippen molar-refractivity contribution in [3.05, 3.63) is 39.7 Å². The highest BCUT2D eigenvalue weighted by Gasteiger charge is 2.48. The average molecular weight is 477 g/mol. The zero-order chi connectivity index (χ0) is 23.9. The number of H-pyrrole nitrogens is 1. The lowest BCUT2D eigenvalue weighted by Crippen LogP contribution is -2.37. The Labute approximate surface area is 203 Å². The van der Waals surface area contributed by atoms with Crippen molar-refractivity contribution in [2.75, 3.05) is 6.54 Å². The van der Waals surface area contributed by atoms with Crippen LogP contribution in [-0.4, -0.2) is 49.0 Å². The first-order valence-electron chi connectivity index (χ1n) is 12.2. The lowest BCUT2D eigenvalue weighted by molar-refractivity contribution is -0.119. The summed E-state index contributed by atoms with van der Waals surface area (Å²) in [5.41, 5.74) is 14.1. The van der Waals surface area contributed by atoms with Crippen molar-refractivity contribution in [1.82, 2.24) is 24.5 Å². The minimum absolute atomic E-state index is 0.214. The molecule has 0 radical (unpaired) electrons. The molecule has 4 aromatic rings. The molecule has 0 spiro atoms. The number of primary amides is 1. The number of hydrogen-bond donors (Lipinski definition) is 2. The van der Waals surface area contributed by atoms with Crippen LogP contribution in [0.4, 0.5) is 0 Å². The van der Waals surface area contributed by atoms with E-state index in [1.165, 1.54) is 49.5 Å².